The van der Waals surface area contributed by atoms with E-state index in [1.807, 2.05) is 0 Å². The second kappa shape index (κ2) is 3.86. The third kappa shape index (κ3) is 1.85. The van der Waals surface area contributed by atoms with E-state index in [4.69, 9.17) is 17.3 Å². The van der Waals surface area contributed by atoms with Crippen LogP contribution in [0.4, 0.5) is 5.69 Å². The average molecular weight is 238 g/mol. The number of benzene rings is 1. The van der Waals surface area contributed by atoms with Gasteiger partial charge in [-0.2, -0.15) is 0 Å². The first kappa shape index (κ1) is 10.5. The van der Waals surface area contributed by atoms with Gasteiger partial charge < -0.3 is 5.73 Å². The highest BCUT2D eigenvalue weighted by Gasteiger charge is 2.05. The van der Waals surface area contributed by atoms with Gasteiger partial charge in [0.15, 0.2) is 0 Å². The third-order valence-corrected chi connectivity index (χ3v) is 2.36. The molecule has 1 aromatic carbocycles. The van der Waals surface area contributed by atoms with Gasteiger partial charge in [-0.3, -0.25) is 14.3 Å². The van der Waals surface area contributed by atoms with Crippen LogP contribution in [0.1, 0.15) is 0 Å². The summed E-state index contributed by atoms with van der Waals surface area (Å²) in [5, 5.41) is 0.342. The second-order valence-corrected chi connectivity index (χ2v) is 3.60. The lowest BCUT2D eigenvalue weighted by atomic mass is 10.3. The van der Waals surface area contributed by atoms with Crippen molar-refractivity contribution in [3.8, 4) is 5.69 Å². The van der Waals surface area contributed by atoms with E-state index in [0.29, 0.717) is 16.4 Å². The Kier molecular flexibility index (Phi) is 2.54. The highest BCUT2D eigenvalue weighted by molar-refractivity contribution is 6.32. The number of nitrogen functional groups attached to an aromatic ring is 1. The summed E-state index contributed by atoms with van der Waals surface area (Å²) in [5.41, 5.74) is 5.52. The molecule has 0 saturated heterocycles. The number of nitrogens with two attached hydrogens (primary N) is 1. The molecule has 0 unspecified atom stereocenters. The summed E-state index contributed by atoms with van der Waals surface area (Å²) in [5.74, 6) is 0. The Morgan fingerprint density at radius 2 is 2.00 bits per heavy atom. The van der Waals surface area contributed by atoms with Crippen molar-refractivity contribution in [1.29, 1.82) is 0 Å². The molecule has 16 heavy (non-hydrogen) atoms. The van der Waals surface area contributed by atoms with Gasteiger partial charge in [0.1, 0.15) is 0 Å². The van der Waals surface area contributed by atoms with Crippen molar-refractivity contribution >= 4 is 17.3 Å². The molecule has 82 valence electrons. The molecule has 0 radical (unpaired) electrons. The fourth-order valence-electron chi connectivity index (χ4n) is 1.33. The molecule has 2 aromatic rings. The second-order valence-electron chi connectivity index (χ2n) is 3.19. The van der Waals surface area contributed by atoms with Gasteiger partial charge in [0.05, 0.1) is 10.7 Å². The van der Waals surface area contributed by atoms with E-state index in [2.05, 4.69) is 4.98 Å². The van der Waals surface area contributed by atoms with Crippen molar-refractivity contribution in [2.45, 2.75) is 0 Å². The molecular formula is C10H8ClN3O2. The van der Waals surface area contributed by atoms with Crippen LogP contribution in [0.15, 0.2) is 40.1 Å². The van der Waals surface area contributed by atoms with Crippen LogP contribution in [0, 0.1) is 0 Å². The maximum absolute atomic E-state index is 11.5. The number of anilines is 1. The molecule has 0 spiro atoms. The first-order chi connectivity index (χ1) is 7.58. The molecule has 0 fully saturated rings. The number of rotatable bonds is 1. The fraction of sp³-hybridized carbons (Fsp3) is 0. The number of hydrogen-bond donors (Lipinski definition) is 2. The van der Waals surface area contributed by atoms with Gasteiger partial charge in [-0.15, -0.1) is 0 Å². The van der Waals surface area contributed by atoms with E-state index in [1.54, 1.807) is 12.1 Å². The summed E-state index contributed by atoms with van der Waals surface area (Å²) in [6, 6.07) is 6.01. The van der Waals surface area contributed by atoms with Crippen LogP contribution in [-0.2, 0) is 0 Å². The zero-order chi connectivity index (χ0) is 11.7. The van der Waals surface area contributed by atoms with Crippen molar-refractivity contribution in [2.75, 3.05) is 5.73 Å². The maximum atomic E-state index is 11.5. The summed E-state index contributed by atoms with van der Waals surface area (Å²) >= 11 is 5.94. The summed E-state index contributed by atoms with van der Waals surface area (Å²) in [6.45, 7) is 0. The topological polar surface area (TPSA) is 80.9 Å². The predicted molar refractivity (Wildman–Crippen MR) is 62.1 cm³/mol. The van der Waals surface area contributed by atoms with Crippen molar-refractivity contribution in [1.82, 2.24) is 9.55 Å². The number of H-pyrrole nitrogens is 1. The molecule has 0 aliphatic carbocycles. The molecule has 0 aliphatic rings. The quantitative estimate of drug-likeness (QED) is 0.719. The van der Waals surface area contributed by atoms with Crippen molar-refractivity contribution in [3.63, 3.8) is 0 Å². The number of hydrogen-bond acceptors (Lipinski definition) is 3. The van der Waals surface area contributed by atoms with Crippen molar-refractivity contribution in [3.05, 3.63) is 56.3 Å². The molecule has 0 aliphatic heterocycles. The third-order valence-electron chi connectivity index (χ3n) is 2.06. The molecule has 0 saturated carbocycles. The van der Waals surface area contributed by atoms with Gasteiger partial charge in [0.25, 0.3) is 5.56 Å². The monoisotopic (exact) mass is 237 g/mol. The molecule has 6 heteroatoms. The SMILES string of the molecule is Nc1ccc(-n2ccc(=O)[nH]c2=O)c(Cl)c1. The fourth-order valence-corrected chi connectivity index (χ4v) is 1.61. The lowest BCUT2D eigenvalue weighted by molar-refractivity contribution is 0.896. The van der Waals surface area contributed by atoms with E-state index in [0.717, 1.165) is 0 Å². The highest BCUT2D eigenvalue weighted by atomic mass is 35.5. The summed E-state index contributed by atoms with van der Waals surface area (Å²) in [7, 11) is 0. The molecule has 0 bridgehead atoms. The Bertz CT molecular complexity index is 645. The molecular weight excluding hydrogens is 230 g/mol. The lowest BCUT2D eigenvalue weighted by Crippen LogP contribution is -2.27. The standard InChI is InChI=1S/C10H8ClN3O2/c11-7-5-6(12)1-2-8(7)14-4-3-9(15)13-10(14)16/h1-5H,12H2,(H,13,15,16). The van der Waals surface area contributed by atoms with Gasteiger partial charge >= 0.3 is 5.69 Å². The van der Waals surface area contributed by atoms with Crippen LogP contribution in [0.2, 0.25) is 5.02 Å². The van der Waals surface area contributed by atoms with E-state index < -0.39 is 11.2 Å². The highest BCUT2D eigenvalue weighted by Crippen LogP contribution is 2.21. The normalized spacial score (nSPS) is 10.3. The zero-order valence-electron chi connectivity index (χ0n) is 8.11. The first-order valence-electron chi connectivity index (χ1n) is 4.45. The predicted octanol–water partition coefficient (Wildman–Crippen LogP) is 0.761. The number of aromatic amines is 1. The van der Waals surface area contributed by atoms with Crippen molar-refractivity contribution < 1.29 is 0 Å². The molecule has 0 amide bonds. The minimum absolute atomic E-state index is 0.342. The zero-order valence-corrected chi connectivity index (χ0v) is 8.86. The molecule has 2 rings (SSSR count). The van der Waals surface area contributed by atoms with Crippen molar-refractivity contribution in [2.24, 2.45) is 0 Å². The van der Waals surface area contributed by atoms with Crippen LogP contribution in [0.5, 0.6) is 0 Å². The van der Waals surface area contributed by atoms with E-state index in [-0.39, 0.29) is 0 Å². The van der Waals surface area contributed by atoms with Gasteiger partial charge in [-0.05, 0) is 18.2 Å². The summed E-state index contributed by atoms with van der Waals surface area (Å²) in [4.78, 5) is 24.5. The van der Waals surface area contributed by atoms with Gasteiger partial charge in [0, 0.05) is 18.0 Å². The van der Waals surface area contributed by atoms with E-state index >= 15 is 0 Å². The molecule has 0 atom stereocenters. The first-order valence-corrected chi connectivity index (χ1v) is 4.83. The Morgan fingerprint density at radius 3 is 2.62 bits per heavy atom. The van der Waals surface area contributed by atoms with Crippen LogP contribution in [0.3, 0.4) is 0 Å². The Morgan fingerprint density at radius 1 is 1.25 bits per heavy atom. The summed E-state index contributed by atoms with van der Waals surface area (Å²) < 4.78 is 1.24. The summed E-state index contributed by atoms with van der Waals surface area (Å²) in [6.07, 6.45) is 1.36. The van der Waals surface area contributed by atoms with E-state index in [9.17, 15) is 9.59 Å². The Hall–Kier alpha value is -2.01. The molecule has 5 nitrogen and oxygen atoms in total. The number of halogens is 1. The number of aromatic nitrogens is 2. The number of nitrogens with zero attached hydrogens (tertiary/aromatic N) is 1. The maximum Gasteiger partial charge on any atom is 0.332 e. The van der Waals surface area contributed by atoms with E-state index in [1.165, 1.54) is 22.9 Å². The van der Waals surface area contributed by atoms with Crippen LogP contribution < -0.4 is 17.0 Å². The smallest absolute Gasteiger partial charge is 0.332 e. The molecule has 1 heterocycles. The number of nitrogens with one attached hydrogen (secondary N) is 1. The molecule has 3 N–H and O–H groups in total. The van der Waals surface area contributed by atoms with Crippen LogP contribution in [-0.4, -0.2) is 9.55 Å². The Balaban J connectivity index is 2.68. The van der Waals surface area contributed by atoms with Gasteiger partial charge in [0.2, 0.25) is 0 Å². The van der Waals surface area contributed by atoms with Crippen LogP contribution in [0.25, 0.3) is 5.69 Å². The Labute approximate surface area is 95.1 Å². The van der Waals surface area contributed by atoms with Gasteiger partial charge in [-0.25, -0.2) is 4.79 Å². The van der Waals surface area contributed by atoms with Gasteiger partial charge in [-0.1, -0.05) is 11.6 Å². The molecule has 1 aromatic heterocycles. The minimum Gasteiger partial charge on any atom is -0.399 e. The minimum atomic E-state index is -0.542. The largest absolute Gasteiger partial charge is 0.399 e. The van der Waals surface area contributed by atoms with Crippen LogP contribution >= 0.6 is 11.6 Å². The average Bonchev–Trinajstić information content (AvgIpc) is 2.19. The lowest BCUT2D eigenvalue weighted by Gasteiger charge is -2.07.